The van der Waals surface area contributed by atoms with Gasteiger partial charge in [0.25, 0.3) is 5.56 Å². The molecular formula is C17H18F3N3O. The largest absolute Gasteiger partial charge is 0.310 e. The van der Waals surface area contributed by atoms with Crippen LogP contribution in [0.15, 0.2) is 16.9 Å². The van der Waals surface area contributed by atoms with Crippen LogP contribution in [0.5, 0.6) is 0 Å². The molecule has 1 aromatic heterocycles. The fourth-order valence-corrected chi connectivity index (χ4v) is 2.83. The smallest absolute Gasteiger partial charge is 0.255 e. The Morgan fingerprint density at radius 1 is 1.21 bits per heavy atom. The van der Waals surface area contributed by atoms with E-state index in [0.29, 0.717) is 37.0 Å². The Balaban J connectivity index is 1.83. The number of halogens is 3. The number of aromatic nitrogens is 2. The minimum absolute atomic E-state index is 0.0699. The zero-order valence-corrected chi connectivity index (χ0v) is 13.5. The van der Waals surface area contributed by atoms with E-state index in [2.05, 4.69) is 9.97 Å². The molecule has 0 fully saturated rings. The van der Waals surface area contributed by atoms with E-state index in [9.17, 15) is 18.0 Å². The number of rotatable bonds is 3. The Kier molecular flexibility index (Phi) is 4.45. The molecule has 0 atom stereocenters. The lowest BCUT2D eigenvalue weighted by molar-refractivity contribution is 0.237. The molecule has 2 heterocycles. The van der Waals surface area contributed by atoms with Crippen LogP contribution in [0.1, 0.15) is 42.4 Å². The molecule has 0 amide bonds. The monoisotopic (exact) mass is 337 g/mol. The summed E-state index contributed by atoms with van der Waals surface area (Å²) < 4.78 is 40.1. The van der Waals surface area contributed by atoms with E-state index in [1.54, 1.807) is 0 Å². The zero-order chi connectivity index (χ0) is 17.4. The molecular weight excluding hydrogens is 319 g/mol. The minimum atomic E-state index is -1.21. The number of benzene rings is 1. The molecule has 2 aromatic rings. The first-order valence-electron chi connectivity index (χ1n) is 7.83. The highest BCUT2D eigenvalue weighted by atomic mass is 19.2. The number of nitrogens with one attached hydrogen (secondary N) is 1. The maximum atomic E-state index is 13.8. The van der Waals surface area contributed by atoms with Gasteiger partial charge in [0, 0.05) is 43.6 Å². The number of fused-ring (bicyclic) bond motifs is 1. The summed E-state index contributed by atoms with van der Waals surface area (Å²) in [6.07, 6.45) is 0.560. The van der Waals surface area contributed by atoms with E-state index in [1.807, 2.05) is 18.7 Å². The van der Waals surface area contributed by atoms with Gasteiger partial charge in [0.15, 0.2) is 11.6 Å². The van der Waals surface area contributed by atoms with Crippen molar-refractivity contribution in [3.63, 3.8) is 0 Å². The molecule has 1 aliphatic rings. The fourth-order valence-electron chi connectivity index (χ4n) is 2.83. The van der Waals surface area contributed by atoms with Gasteiger partial charge in [0.1, 0.15) is 11.6 Å². The molecule has 0 saturated heterocycles. The lowest BCUT2D eigenvalue weighted by atomic mass is 10.0. The maximum absolute atomic E-state index is 13.8. The lowest BCUT2D eigenvalue weighted by Crippen LogP contribution is -2.36. The molecule has 128 valence electrons. The summed E-state index contributed by atoms with van der Waals surface area (Å²) in [5.74, 6) is -2.30. The third kappa shape index (κ3) is 3.21. The Morgan fingerprint density at radius 2 is 1.92 bits per heavy atom. The van der Waals surface area contributed by atoms with Crippen LogP contribution in [-0.4, -0.2) is 21.4 Å². The molecule has 1 N–H and O–H groups in total. The summed E-state index contributed by atoms with van der Waals surface area (Å²) in [5.41, 5.74) is 1.18. The normalized spacial score (nSPS) is 14.9. The third-order valence-electron chi connectivity index (χ3n) is 4.20. The van der Waals surface area contributed by atoms with Crippen molar-refractivity contribution in [2.24, 2.45) is 0 Å². The highest BCUT2D eigenvalue weighted by Gasteiger charge is 2.23. The molecule has 0 aliphatic carbocycles. The SMILES string of the molecule is CC(C)c1nc2c(c(=O)[nH]1)CN(Cc1cc(F)c(F)cc1F)CC2. The first-order chi connectivity index (χ1) is 11.3. The number of hydrogen-bond acceptors (Lipinski definition) is 3. The van der Waals surface area contributed by atoms with Crippen LogP contribution >= 0.6 is 0 Å². The predicted molar refractivity (Wildman–Crippen MR) is 83.1 cm³/mol. The van der Waals surface area contributed by atoms with Crippen LogP contribution < -0.4 is 5.56 Å². The van der Waals surface area contributed by atoms with Crippen molar-refractivity contribution < 1.29 is 13.2 Å². The Labute approximate surface area is 137 Å². The van der Waals surface area contributed by atoms with Gasteiger partial charge in [0.05, 0.1) is 11.3 Å². The number of H-pyrrole nitrogens is 1. The molecule has 0 saturated carbocycles. The fraction of sp³-hybridized carbons (Fsp3) is 0.412. The second-order valence-electron chi connectivity index (χ2n) is 6.35. The average molecular weight is 337 g/mol. The molecule has 3 rings (SSSR count). The van der Waals surface area contributed by atoms with E-state index in [1.165, 1.54) is 0 Å². The summed E-state index contributed by atoms with van der Waals surface area (Å²) in [6.45, 7) is 4.87. The van der Waals surface area contributed by atoms with Crippen molar-refractivity contribution >= 4 is 0 Å². The van der Waals surface area contributed by atoms with Crippen molar-refractivity contribution in [2.75, 3.05) is 6.54 Å². The molecule has 1 aliphatic heterocycles. The molecule has 1 aromatic carbocycles. The minimum Gasteiger partial charge on any atom is -0.310 e. The topological polar surface area (TPSA) is 49.0 Å². The highest BCUT2D eigenvalue weighted by molar-refractivity contribution is 5.24. The second-order valence-corrected chi connectivity index (χ2v) is 6.35. The molecule has 0 bridgehead atoms. The van der Waals surface area contributed by atoms with Gasteiger partial charge < -0.3 is 4.98 Å². The maximum Gasteiger partial charge on any atom is 0.255 e. The highest BCUT2D eigenvalue weighted by Crippen LogP contribution is 2.20. The van der Waals surface area contributed by atoms with Gasteiger partial charge in [-0.2, -0.15) is 0 Å². The van der Waals surface area contributed by atoms with Crippen LogP contribution in [0.3, 0.4) is 0 Å². The summed E-state index contributed by atoms with van der Waals surface area (Å²) in [5, 5.41) is 0. The van der Waals surface area contributed by atoms with Crippen LogP contribution in [0.4, 0.5) is 13.2 Å². The van der Waals surface area contributed by atoms with Gasteiger partial charge >= 0.3 is 0 Å². The molecule has 24 heavy (non-hydrogen) atoms. The van der Waals surface area contributed by atoms with Crippen LogP contribution in [0, 0.1) is 17.5 Å². The molecule has 0 spiro atoms. The Hall–Kier alpha value is -2.15. The van der Waals surface area contributed by atoms with Gasteiger partial charge in [-0.1, -0.05) is 13.8 Å². The first kappa shape index (κ1) is 16.7. The Bertz CT molecular complexity index is 833. The van der Waals surface area contributed by atoms with Gasteiger partial charge in [0.2, 0.25) is 0 Å². The molecule has 0 radical (unpaired) electrons. The third-order valence-corrected chi connectivity index (χ3v) is 4.20. The number of aromatic amines is 1. The van der Waals surface area contributed by atoms with Crippen LogP contribution in [0.2, 0.25) is 0 Å². The van der Waals surface area contributed by atoms with Crippen molar-refractivity contribution in [2.45, 2.75) is 39.3 Å². The number of hydrogen-bond donors (Lipinski definition) is 1. The average Bonchev–Trinajstić information content (AvgIpc) is 2.53. The van der Waals surface area contributed by atoms with Gasteiger partial charge in [-0.15, -0.1) is 0 Å². The van der Waals surface area contributed by atoms with E-state index in [0.717, 1.165) is 11.8 Å². The lowest BCUT2D eigenvalue weighted by Gasteiger charge is -2.28. The van der Waals surface area contributed by atoms with E-state index in [4.69, 9.17) is 0 Å². The number of nitrogens with zero attached hydrogens (tertiary/aromatic N) is 2. The van der Waals surface area contributed by atoms with Crippen molar-refractivity contribution in [1.82, 2.24) is 14.9 Å². The van der Waals surface area contributed by atoms with E-state index in [-0.39, 0.29) is 23.6 Å². The predicted octanol–water partition coefficient (Wildman–Crippen LogP) is 2.87. The quantitative estimate of drug-likeness (QED) is 0.876. The summed E-state index contributed by atoms with van der Waals surface area (Å²) in [7, 11) is 0. The van der Waals surface area contributed by atoms with Crippen LogP contribution in [0.25, 0.3) is 0 Å². The van der Waals surface area contributed by atoms with Crippen molar-refractivity contribution in [1.29, 1.82) is 0 Å². The van der Waals surface area contributed by atoms with Crippen molar-refractivity contribution in [3.05, 3.63) is 62.6 Å². The first-order valence-corrected chi connectivity index (χ1v) is 7.83. The van der Waals surface area contributed by atoms with E-state index < -0.39 is 17.5 Å². The Morgan fingerprint density at radius 3 is 2.62 bits per heavy atom. The van der Waals surface area contributed by atoms with Crippen LogP contribution in [-0.2, 0) is 19.5 Å². The standard InChI is InChI=1S/C17H18F3N3O/c1-9(2)16-21-15-3-4-23(8-11(15)17(24)22-16)7-10-5-13(19)14(20)6-12(10)18/h5-6,9H,3-4,7-8H2,1-2H3,(H,21,22,24). The van der Waals surface area contributed by atoms with Gasteiger partial charge in [-0.3, -0.25) is 9.69 Å². The second kappa shape index (κ2) is 6.39. The molecule has 7 heteroatoms. The van der Waals surface area contributed by atoms with Crippen molar-refractivity contribution in [3.8, 4) is 0 Å². The van der Waals surface area contributed by atoms with Gasteiger partial charge in [-0.05, 0) is 6.07 Å². The van der Waals surface area contributed by atoms with Gasteiger partial charge in [-0.25, -0.2) is 18.2 Å². The molecule has 0 unspecified atom stereocenters. The summed E-state index contributed by atoms with van der Waals surface area (Å²) in [6, 6.07) is 1.41. The summed E-state index contributed by atoms with van der Waals surface area (Å²) >= 11 is 0. The van der Waals surface area contributed by atoms with E-state index >= 15 is 0 Å². The molecule has 4 nitrogen and oxygen atoms in total. The summed E-state index contributed by atoms with van der Waals surface area (Å²) in [4.78, 5) is 21.3. The zero-order valence-electron chi connectivity index (χ0n) is 13.5.